The van der Waals surface area contributed by atoms with Crippen molar-refractivity contribution in [3.8, 4) is 17.1 Å². The highest BCUT2D eigenvalue weighted by molar-refractivity contribution is 5.99. The number of hydrogen-bond acceptors (Lipinski definition) is 6. The van der Waals surface area contributed by atoms with Crippen molar-refractivity contribution in [2.24, 2.45) is 0 Å². The molecule has 0 spiro atoms. The molecule has 0 atom stereocenters. The van der Waals surface area contributed by atoms with Crippen molar-refractivity contribution >= 4 is 11.8 Å². The lowest BCUT2D eigenvalue weighted by molar-refractivity contribution is 0.0698. The molecule has 136 valence electrons. The largest absolute Gasteiger partial charge is 0.497 e. The number of carboxylic acid groups (broad SMARTS) is 1. The predicted molar refractivity (Wildman–Crippen MR) is 95.4 cm³/mol. The van der Waals surface area contributed by atoms with Gasteiger partial charge in [0.05, 0.1) is 13.7 Å². The van der Waals surface area contributed by atoms with Crippen molar-refractivity contribution in [1.82, 2.24) is 14.7 Å². The minimum atomic E-state index is -1.12. The molecule has 2 heterocycles. The van der Waals surface area contributed by atoms with Gasteiger partial charge >= 0.3 is 5.97 Å². The van der Waals surface area contributed by atoms with Gasteiger partial charge in [0.2, 0.25) is 0 Å². The zero-order valence-corrected chi connectivity index (χ0v) is 14.8. The average Bonchev–Trinajstić information content (AvgIpc) is 3.26. The number of ether oxygens (including phenoxy) is 1. The summed E-state index contributed by atoms with van der Waals surface area (Å²) >= 11 is 0. The number of anilines is 1. The second-order valence-corrected chi connectivity index (χ2v) is 5.97. The molecular weight excluding hydrogens is 336 g/mol. The maximum absolute atomic E-state index is 11.8. The van der Waals surface area contributed by atoms with E-state index in [1.54, 1.807) is 37.6 Å². The fourth-order valence-electron chi connectivity index (χ4n) is 2.66. The Morgan fingerprint density at radius 3 is 2.69 bits per heavy atom. The maximum Gasteiger partial charge on any atom is 0.343 e. The molecule has 0 saturated carbocycles. The number of methoxy groups -OCH3 is 1. The van der Waals surface area contributed by atoms with Gasteiger partial charge in [-0.25, -0.2) is 9.78 Å². The van der Waals surface area contributed by atoms with Gasteiger partial charge in [0.25, 0.3) is 0 Å². The summed E-state index contributed by atoms with van der Waals surface area (Å²) in [5.74, 6) is 0.692. The van der Waals surface area contributed by atoms with Crippen LogP contribution < -0.4 is 10.1 Å². The maximum atomic E-state index is 11.8. The van der Waals surface area contributed by atoms with Crippen LogP contribution in [0.4, 0.5) is 5.82 Å². The molecule has 0 aliphatic heterocycles. The standard InChI is InChI=1S/C18H20N4O4/c1-11(2)22-9-8-19-14(22)10-20-17-15(18(23)24)16(26-21-17)12-4-6-13(25-3)7-5-12/h4-9,11H,10H2,1-3H3,(H,20,21)(H,23,24). The fourth-order valence-corrected chi connectivity index (χ4v) is 2.66. The lowest BCUT2D eigenvalue weighted by Crippen LogP contribution is -2.12. The van der Waals surface area contributed by atoms with E-state index in [-0.39, 0.29) is 23.2 Å². The van der Waals surface area contributed by atoms with Gasteiger partial charge in [0.1, 0.15) is 11.6 Å². The van der Waals surface area contributed by atoms with Gasteiger partial charge in [-0.1, -0.05) is 5.16 Å². The van der Waals surface area contributed by atoms with Crippen molar-refractivity contribution < 1.29 is 19.2 Å². The van der Waals surface area contributed by atoms with E-state index < -0.39 is 5.97 Å². The molecule has 3 aromatic rings. The third-order valence-corrected chi connectivity index (χ3v) is 3.98. The summed E-state index contributed by atoms with van der Waals surface area (Å²) in [6.07, 6.45) is 3.59. The number of nitrogens with zero attached hydrogens (tertiary/aromatic N) is 3. The van der Waals surface area contributed by atoms with E-state index in [9.17, 15) is 9.90 Å². The summed E-state index contributed by atoms with van der Waals surface area (Å²) in [4.78, 5) is 16.0. The van der Waals surface area contributed by atoms with E-state index in [1.807, 2.05) is 24.6 Å². The normalized spacial score (nSPS) is 10.9. The summed E-state index contributed by atoms with van der Waals surface area (Å²) < 4.78 is 12.4. The van der Waals surface area contributed by atoms with Crippen LogP contribution in [-0.2, 0) is 6.54 Å². The molecule has 1 aromatic carbocycles. The van der Waals surface area contributed by atoms with Gasteiger partial charge in [0.15, 0.2) is 17.1 Å². The highest BCUT2D eigenvalue weighted by Gasteiger charge is 2.24. The van der Waals surface area contributed by atoms with Crippen LogP contribution >= 0.6 is 0 Å². The number of carboxylic acids is 1. The molecule has 0 fully saturated rings. The summed E-state index contributed by atoms with van der Waals surface area (Å²) in [7, 11) is 1.56. The predicted octanol–water partition coefficient (Wildman–Crippen LogP) is 3.44. The number of carbonyl (C=O) groups is 1. The number of aromatic nitrogens is 3. The molecule has 3 rings (SSSR count). The van der Waals surface area contributed by atoms with Crippen LogP contribution in [-0.4, -0.2) is 32.9 Å². The Bertz CT molecular complexity index is 896. The summed E-state index contributed by atoms with van der Waals surface area (Å²) in [5.41, 5.74) is 0.588. The van der Waals surface area contributed by atoms with Crippen LogP contribution in [0.15, 0.2) is 41.2 Å². The van der Waals surface area contributed by atoms with E-state index in [0.717, 1.165) is 5.82 Å². The molecule has 0 aliphatic rings. The summed E-state index contributed by atoms with van der Waals surface area (Å²) in [5, 5.41) is 16.5. The fraction of sp³-hybridized carbons (Fsp3) is 0.278. The molecule has 0 aliphatic carbocycles. The SMILES string of the molecule is COc1ccc(-c2onc(NCc3nccn3C(C)C)c2C(=O)O)cc1. The van der Waals surface area contributed by atoms with E-state index >= 15 is 0 Å². The molecule has 8 nitrogen and oxygen atoms in total. The van der Waals surface area contributed by atoms with Crippen LogP contribution in [0, 0.1) is 0 Å². The van der Waals surface area contributed by atoms with Gasteiger partial charge in [-0.3, -0.25) is 0 Å². The average molecular weight is 356 g/mol. The van der Waals surface area contributed by atoms with Crippen molar-refractivity contribution in [2.45, 2.75) is 26.4 Å². The Morgan fingerprint density at radius 2 is 2.08 bits per heavy atom. The molecule has 26 heavy (non-hydrogen) atoms. The minimum Gasteiger partial charge on any atom is -0.497 e. The van der Waals surface area contributed by atoms with Crippen molar-refractivity contribution in [1.29, 1.82) is 0 Å². The van der Waals surface area contributed by atoms with Crippen molar-refractivity contribution in [3.63, 3.8) is 0 Å². The van der Waals surface area contributed by atoms with E-state index in [0.29, 0.717) is 17.9 Å². The molecule has 2 aromatic heterocycles. The third kappa shape index (κ3) is 3.39. The monoisotopic (exact) mass is 356 g/mol. The second-order valence-electron chi connectivity index (χ2n) is 5.97. The number of imidazole rings is 1. The number of nitrogens with one attached hydrogen (secondary N) is 1. The number of aromatic carboxylic acids is 1. The molecule has 0 radical (unpaired) electrons. The van der Waals surface area contributed by atoms with E-state index in [4.69, 9.17) is 9.26 Å². The van der Waals surface area contributed by atoms with Crippen LogP contribution in [0.2, 0.25) is 0 Å². The molecule has 2 N–H and O–H groups in total. The number of rotatable bonds is 7. The topological polar surface area (TPSA) is 102 Å². The Balaban J connectivity index is 1.87. The van der Waals surface area contributed by atoms with E-state index in [1.165, 1.54) is 0 Å². The Hall–Kier alpha value is -3.29. The minimum absolute atomic E-state index is 0.0159. The first-order valence-corrected chi connectivity index (χ1v) is 8.14. The summed E-state index contributed by atoms with van der Waals surface area (Å²) in [6.45, 7) is 4.43. The number of hydrogen-bond donors (Lipinski definition) is 2. The second kappa shape index (κ2) is 7.30. The molecule has 0 bridgehead atoms. The van der Waals surface area contributed by atoms with Crippen LogP contribution in [0.3, 0.4) is 0 Å². The first-order chi connectivity index (χ1) is 12.5. The molecule has 0 amide bonds. The highest BCUT2D eigenvalue weighted by atomic mass is 16.5. The Morgan fingerprint density at radius 1 is 1.35 bits per heavy atom. The third-order valence-electron chi connectivity index (χ3n) is 3.98. The molecule has 8 heteroatoms. The quantitative estimate of drug-likeness (QED) is 0.668. The smallest absolute Gasteiger partial charge is 0.343 e. The van der Waals surface area contributed by atoms with Crippen molar-refractivity contribution in [3.05, 3.63) is 48.0 Å². The van der Waals surface area contributed by atoms with Crippen LogP contribution in [0.25, 0.3) is 11.3 Å². The Kier molecular flexibility index (Phi) is 4.92. The van der Waals surface area contributed by atoms with Crippen LogP contribution in [0.5, 0.6) is 5.75 Å². The zero-order valence-electron chi connectivity index (χ0n) is 14.8. The van der Waals surface area contributed by atoms with Gasteiger partial charge in [-0.05, 0) is 38.1 Å². The molecular formula is C18H20N4O4. The van der Waals surface area contributed by atoms with Gasteiger partial charge in [-0.2, -0.15) is 0 Å². The van der Waals surface area contributed by atoms with Gasteiger partial charge < -0.3 is 24.3 Å². The first kappa shape index (κ1) is 17.5. The summed E-state index contributed by atoms with van der Waals surface area (Å²) in [6, 6.07) is 7.16. The Labute approximate surface area is 150 Å². The molecule has 0 saturated heterocycles. The lowest BCUT2D eigenvalue weighted by atomic mass is 10.1. The lowest BCUT2D eigenvalue weighted by Gasteiger charge is -2.11. The van der Waals surface area contributed by atoms with Gasteiger partial charge in [0, 0.05) is 24.0 Å². The van der Waals surface area contributed by atoms with E-state index in [2.05, 4.69) is 15.5 Å². The number of benzene rings is 1. The van der Waals surface area contributed by atoms with Gasteiger partial charge in [-0.15, -0.1) is 0 Å². The zero-order chi connectivity index (χ0) is 18.7. The van der Waals surface area contributed by atoms with Crippen molar-refractivity contribution in [2.75, 3.05) is 12.4 Å². The first-order valence-electron chi connectivity index (χ1n) is 8.14. The highest BCUT2D eigenvalue weighted by Crippen LogP contribution is 2.30. The van der Waals surface area contributed by atoms with Crippen LogP contribution in [0.1, 0.15) is 36.1 Å². The molecule has 0 unspecified atom stereocenters.